The van der Waals surface area contributed by atoms with Gasteiger partial charge in [-0.3, -0.25) is 9.59 Å². The number of rotatable bonds is 6. The summed E-state index contributed by atoms with van der Waals surface area (Å²) in [5.74, 6) is -0.515. The second-order valence-corrected chi connectivity index (χ2v) is 6.75. The summed E-state index contributed by atoms with van der Waals surface area (Å²) in [5, 5.41) is 16.2. The van der Waals surface area contributed by atoms with Gasteiger partial charge in [0.2, 0.25) is 11.8 Å². The molecule has 3 N–H and O–H groups in total. The van der Waals surface area contributed by atoms with Crippen LogP contribution < -0.4 is 10.7 Å². The molecule has 6 nitrogen and oxygen atoms in total. The first-order valence-electron chi connectivity index (χ1n) is 7.30. The van der Waals surface area contributed by atoms with Crippen molar-refractivity contribution < 1.29 is 14.7 Å². The van der Waals surface area contributed by atoms with E-state index in [0.29, 0.717) is 20.2 Å². The highest BCUT2D eigenvalue weighted by molar-refractivity contribution is 9.11. The van der Waals surface area contributed by atoms with Gasteiger partial charge in [-0.1, -0.05) is 18.2 Å². The number of phenolic OH excluding ortho intramolecular Hbond substituents is 1. The van der Waals surface area contributed by atoms with E-state index in [0.717, 1.165) is 0 Å². The number of carbonyl (C=O) groups is 2. The summed E-state index contributed by atoms with van der Waals surface area (Å²) in [6, 6.07) is 12.3. The van der Waals surface area contributed by atoms with Crippen LogP contribution >= 0.6 is 31.9 Å². The highest BCUT2D eigenvalue weighted by Gasteiger charge is 2.07. The highest BCUT2D eigenvalue weighted by atomic mass is 79.9. The molecule has 2 rings (SSSR count). The van der Waals surface area contributed by atoms with Gasteiger partial charge in [0.15, 0.2) is 0 Å². The summed E-state index contributed by atoms with van der Waals surface area (Å²) in [4.78, 5) is 23.5. The van der Waals surface area contributed by atoms with Crippen molar-refractivity contribution in [2.24, 2.45) is 5.10 Å². The molecule has 0 saturated heterocycles. The fraction of sp³-hybridized carbons (Fsp3) is 0.118. The van der Waals surface area contributed by atoms with Gasteiger partial charge < -0.3 is 10.4 Å². The first-order chi connectivity index (χ1) is 12.0. The quantitative estimate of drug-likeness (QED) is 0.445. The average Bonchev–Trinajstić information content (AvgIpc) is 2.58. The lowest BCUT2D eigenvalue weighted by Crippen LogP contribution is -2.20. The number of nitrogens with zero attached hydrogens (tertiary/aromatic N) is 1. The zero-order valence-electron chi connectivity index (χ0n) is 13.0. The molecule has 0 aliphatic rings. The van der Waals surface area contributed by atoms with Gasteiger partial charge in [0.25, 0.3) is 0 Å². The molecule has 0 spiro atoms. The molecule has 8 heteroatoms. The van der Waals surface area contributed by atoms with Crippen LogP contribution in [0, 0.1) is 0 Å². The number of aromatic hydroxyl groups is 1. The second kappa shape index (κ2) is 9.33. The van der Waals surface area contributed by atoms with Crippen LogP contribution in [0.25, 0.3) is 0 Å². The standard InChI is InChI=1S/C17H15Br2N3O3/c18-13-8-11(9-14(19)17(13)25)10-20-22-16(24)7-6-15(23)21-12-4-2-1-3-5-12/h1-5,8-10,25H,6-7H2,(H,21,23)(H,22,24)/b20-10+. The topological polar surface area (TPSA) is 90.8 Å². The summed E-state index contributed by atoms with van der Waals surface area (Å²) in [6.45, 7) is 0. The van der Waals surface area contributed by atoms with Crippen molar-refractivity contribution in [2.75, 3.05) is 5.32 Å². The van der Waals surface area contributed by atoms with E-state index in [1.165, 1.54) is 6.21 Å². The molecule has 2 aromatic rings. The molecule has 0 aromatic heterocycles. The van der Waals surface area contributed by atoms with Crippen molar-refractivity contribution in [1.82, 2.24) is 5.43 Å². The number of amides is 2. The van der Waals surface area contributed by atoms with E-state index in [-0.39, 0.29) is 30.4 Å². The zero-order chi connectivity index (χ0) is 18.2. The Morgan fingerprint density at radius 2 is 1.64 bits per heavy atom. The number of nitrogens with one attached hydrogen (secondary N) is 2. The molecule has 0 radical (unpaired) electrons. The summed E-state index contributed by atoms with van der Waals surface area (Å²) in [7, 11) is 0. The van der Waals surface area contributed by atoms with Gasteiger partial charge in [0, 0.05) is 18.5 Å². The predicted molar refractivity (Wildman–Crippen MR) is 104 cm³/mol. The molecule has 0 aliphatic carbocycles. The SMILES string of the molecule is O=C(CCC(=O)Nc1ccccc1)N/N=C/c1cc(Br)c(O)c(Br)c1. The summed E-state index contributed by atoms with van der Waals surface area (Å²) in [5.41, 5.74) is 3.73. The number of hydrogen-bond acceptors (Lipinski definition) is 4. The molecule has 0 aliphatic heterocycles. The Balaban J connectivity index is 1.78. The normalized spacial score (nSPS) is 10.6. The van der Waals surface area contributed by atoms with Crippen LogP contribution in [0.15, 0.2) is 56.5 Å². The molecule has 130 valence electrons. The van der Waals surface area contributed by atoms with Crippen molar-refractivity contribution in [2.45, 2.75) is 12.8 Å². The maximum atomic E-state index is 11.8. The van der Waals surface area contributed by atoms with Crippen LogP contribution in [-0.2, 0) is 9.59 Å². The molecular weight excluding hydrogens is 454 g/mol. The van der Waals surface area contributed by atoms with Crippen molar-refractivity contribution >= 4 is 55.6 Å². The first-order valence-corrected chi connectivity index (χ1v) is 8.89. The summed E-state index contributed by atoms with van der Waals surface area (Å²) < 4.78 is 1.01. The van der Waals surface area contributed by atoms with E-state index in [1.807, 2.05) is 18.2 Å². The van der Waals surface area contributed by atoms with Gasteiger partial charge in [0.1, 0.15) is 5.75 Å². The average molecular weight is 469 g/mol. The molecule has 0 fully saturated rings. The highest BCUT2D eigenvalue weighted by Crippen LogP contribution is 2.32. The van der Waals surface area contributed by atoms with Crippen LogP contribution in [0.4, 0.5) is 5.69 Å². The fourth-order valence-electron chi connectivity index (χ4n) is 1.87. The Bertz CT molecular complexity index is 772. The minimum atomic E-state index is -0.364. The Morgan fingerprint density at radius 3 is 2.28 bits per heavy atom. The monoisotopic (exact) mass is 467 g/mol. The Morgan fingerprint density at radius 1 is 1.04 bits per heavy atom. The van der Waals surface area contributed by atoms with E-state index in [2.05, 4.69) is 47.7 Å². The van der Waals surface area contributed by atoms with Crippen LogP contribution in [0.1, 0.15) is 18.4 Å². The predicted octanol–water partition coefficient (Wildman–Crippen LogP) is 3.79. The van der Waals surface area contributed by atoms with Crippen molar-refractivity contribution in [3.05, 3.63) is 57.0 Å². The minimum absolute atomic E-state index is 0.0268. The van der Waals surface area contributed by atoms with E-state index >= 15 is 0 Å². The zero-order valence-corrected chi connectivity index (χ0v) is 16.2. The van der Waals surface area contributed by atoms with Crippen LogP contribution in [0.2, 0.25) is 0 Å². The van der Waals surface area contributed by atoms with Crippen LogP contribution in [0.3, 0.4) is 0 Å². The molecule has 0 atom stereocenters. The lowest BCUT2D eigenvalue weighted by atomic mass is 10.2. The largest absolute Gasteiger partial charge is 0.506 e. The van der Waals surface area contributed by atoms with E-state index in [4.69, 9.17) is 0 Å². The molecule has 0 bridgehead atoms. The van der Waals surface area contributed by atoms with Gasteiger partial charge in [-0.05, 0) is 61.7 Å². The van der Waals surface area contributed by atoms with Gasteiger partial charge in [-0.2, -0.15) is 5.10 Å². The first kappa shape index (κ1) is 19.1. The third-order valence-corrected chi connectivity index (χ3v) is 4.29. The van der Waals surface area contributed by atoms with Crippen molar-refractivity contribution in [3.63, 3.8) is 0 Å². The number of phenols is 1. The lowest BCUT2D eigenvalue weighted by Gasteiger charge is -2.04. The smallest absolute Gasteiger partial charge is 0.240 e. The maximum absolute atomic E-state index is 11.8. The number of hydrogen-bond donors (Lipinski definition) is 3. The van der Waals surface area contributed by atoms with Gasteiger partial charge >= 0.3 is 0 Å². The van der Waals surface area contributed by atoms with E-state index < -0.39 is 0 Å². The summed E-state index contributed by atoms with van der Waals surface area (Å²) in [6.07, 6.45) is 1.53. The molecule has 0 heterocycles. The Hall–Kier alpha value is -2.19. The van der Waals surface area contributed by atoms with Crippen molar-refractivity contribution in [1.29, 1.82) is 0 Å². The van der Waals surface area contributed by atoms with Crippen molar-refractivity contribution in [3.8, 4) is 5.75 Å². The minimum Gasteiger partial charge on any atom is -0.506 e. The number of anilines is 1. The number of halogens is 2. The number of carbonyl (C=O) groups excluding carboxylic acids is 2. The molecule has 2 aromatic carbocycles. The lowest BCUT2D eigenvalue weighted by molar-refractivity contribution is -0.124. The number of para-hydroxylation sites is 1. The van der Waals surface area contributed by atoms with Gasteiger partial charge in [-0.25, -0.2) is 5.43 Å². The van der Waals surface area contributed by atoms with Gasteiger partial charge in [0.05, 0.1) is 15.2 Å². The Kier molecular flexibility index (Phi) is 7.15. The second-order valence-electron chi connectivity index (χ2n) is 5.04. The van der Waals surface area contributed by atoms with E-state index in [9.17, 15) is 14.7 Å². The third-order valence-electron chi connectivity index (χ3n) is 3.08. The molecular formula is C17H15Br2N3O3. The number of benzene rings is 2. The van der Waals surface area contributed by atoms with E-state index in [1.54, 1.807) is 24.3 Å². The van der Waals surface area contributed by atoms with Crippen LogP contribution in [-0.4, -0.2) is 23.1 Å². The number of hydrazone groups is 1. The molecule has 0 unspecified atom stereocenters. The Labute approximate surface area is 161 Å². The molecule has 2 amide bonds. The molecule has 25 heavy (non-hydrogen) atoms. The fourth-order valence-corrected chi connectivity index (χ4v) is 3.09. The third kappa shape index (κ3) is 6.32. The molecule has 0 saturated carbocycles. The summed E-state index contributed by atoms with van der Waals surface area (Å²) >= 11 is 6.42. The maximum Gasteiger partial charge on any atom is 0.240 e. The van der Waals surface area contributed by atoms with Gasteiger partial charge in [-0.15, -0.1) is 0 Å². The van der Waals surface area contributed by atoms with Crippen LogP contribution in [0.5, 0.6) is 5.75 Å².